The molecule has 0 bridgehead atoms. The number of hydrogen-bond acceptors (Lipinski definition) is 4. The van der Waals surface area contributed by atoms with Gasteiger partial charge in [0.1, 0.15) is 0 Å². The minimum Gasteiger partial charge on any atom is -0.423 e. The van der Waals surface area contributed by atoms with Gasteiger partial charge in [-0.1, -0.05) is 50.8 Å². The molecule has 4 nitrogen and oxygen atoms in total. The van der Waals surface area contributed by atoms with Crippen LogP contribution in [0.25, 0.3) is 0 Å². The summed E-state index contributed by atoms with van der Waals surface area (Å²) in [6.45, 7) is 6.69. The smallest absolute Gasteiger partial charge is 0.311 e. The largest absolute Gasteiger partial charge is 0.423 e. The Hall–Kier alpha value is -1.97. The van der Waals surface area contributed by atoms with E-state index < -0.39 is 0 Å². The molecule has 0 unspecified atom stereocenters. The van der Waals surface area contributed by atoms with Gasteiger partial charge in [0.15, 0.2) is 17.8 Å². The summed E-state index contributed by atoms with van der Waals surface area (Å²) in [7, 11) is 0. The molecule has 4 heteroatoms. The lowest BCUT2D eigenvalue weighted by atomic mass is 9.51. The van der Waals surface area contributed by atoms with Crippen molar-refractivity contribution in [2.24, 2.45) is 22.7 Å². The van der Waals surface area contributed by atoms with Gasteiger partial charge in [-0.15, -0.1) is 0 Å². The molecule has 2 saturated carbocycles. The zero-order valence-electron chi connectivity index (χ0n) is 19.3. The summed E-state index contributed by atoms with van der Waals surface area (Å²) in [6, 6.07) is 0. The highest BCUT2D eigenvalue weighted by molar-refractivity contribution is 5.92. The minimum atomic E-state index is -0.283. The lowest BCUT2D eigenvalue weighted by Crippen LogP contribution is -2.43. The third-order valence-corrected chi connectivity index (χ3v) is 8.73. The normalized spacial score (nSPS) is 35.9. The molecule has 0 saturated heterocycles. The fourth-order valence-corrected chi connectivity index (χ4v) is 6.93. The summed E-state index contributed by atoms with van der Waals surface area (Å²) in [4.78, 5) is 36.2. The lowest BCUT2D eigenvalue weighted by molar-refractivity contribution is -0.141. The highest BCUT2D eigenvalue weighted by atomic mass is 16.5. The van der Waals surface area contributed by atoms with Gasteiger partial charge < -0.3 is 4.74 Å². The average molecular weight is 425 g/mol. The van der Waals surface area contributed by atoms with Crippen LogP contribution < -0.4 is 0 Å². The van der Waals surface area contributed by atoms with E-state index in [2.05, 4.69) is 26.8 Å². The zero-order valence-corrected chi connectivity index (χ0v) is 19.3. The molecule has 4 rings (SSSR count). The standard InChI is InChI=1S/C27H36O4/c1-4-5-6-7-25(30)31-24(17-28)23-11-10-21-20-9-8-18-16-19(29)12-14-26(18,2)22(20)13-15-27(21,23)3/h13,16-17,20-21H,4-12,14-15H2,1-3H3/b24-23-/t20-,21-,26-,27-/m0/s1. The van der Waals surface area contributed by atoms with Crippen molar-refractivity contribution in [2.75, 3.05) is 0 Å². The second-order valence-electron chi connectivity index (χ2n) is 10.4. The predicted octanol–water partition coefficient (Wildman–Crippen LogP) is 6.01. The van der Waals surface area contributed by atoms with Gasteiger partial charge in [-0.05, 0) is 73.8 Å². The van der Waals surface area contributed by atoms with Crippen molar-refractivity contribution < 1.29 is 19.1 Å². The van der Waals surface area contributed by atoms with Gasteiger partial charge in [0.05, 0.1) is 0 Å². The first-order chi connectivity index (χ1) is 14.8. The summed E-state index contributed by atoms with van der Waals surface area (Å²) < 4.78 is 5.60. The number of ether oxygens (including phenoxy) is 1. The fraction of sp³-hybridized carbons (Fsp3) is 0.667. The molecule has 0 amide bonds. The van der Waals surface area contributed by atoms with Crippen LogP contribution in [0.2, 0.25) is 0 Å². The van der Waals surface area contributed by atoms with Gasteiger partial charge >= 0.3 is 5.97 Å². The van der Waals surface area contributed by atoms with Crippen LogP contribution in [-0.4, -0.2) is 18.0 Å². The number of hydrogen-bond donors (Lipinski definition) is 0. The summed E-state index contributed by atoms with van der Waals surface area (Å²) in [5.74, 6) is 1.21. The van der Waals surface area contributed by atoms with Crippen molar-refractivity contribution in [3.63, 3.8) is 0 Å². The second kappa shape index (κ2) is 8.52. The number of allylic oxidation sites excluding steroid dienone is 6. The van der Waals surface area contributed by atoms with Crippen molar-refractivity contribution in [3.05, 3.63) is 34.6 Å². The Balaban J connectivity index is 1.61. The number of fused-ring (bicyclic) bond motifs is 5. The van der Waals surface area contributed by atoms with Crippen LogP contribution in [0, 0.1) is 22.7 Å². The second-order valence-corrected chi connectivity index (χ2v) is 10.4. The third-order valence-electron chi connectivity index (χ3n) is 8.73. The Morgan fingerprint density at radius 2 is 2.00 bits per heavy atom. The van der Waals surface area contributed by atoms with E-state index in [1.807, 2.05) is 6.08 Å². The van der Waals surface area contributed by atoms with Gasteiger partial charge in [-0.25, -0.2) is 0 Å². The number of unbranched alkanes of at least 4 members (excludes halogenated alkanes) is 2. The molecule has 0 aromatic rings. The highest BCUT2D eigenvalue weighted by Crippen LogP contribution is 2.64. The van der Waals surface area contributed by atoms with Crippen LogP contribution in [0.3, 0.4) is 0 Å². The molecule has 0 aromatic heterocycles. The van der Waals surface area contributed by atoms with E-state index in [9.17, 15) is 14.4 Å². The van der Waals surface area contributed by atoms with Gasteiger partial charge in [0.25, 0.3) is 0 Å². The van der Waals surface area contributed by atoms with E-state index in [0.717, 1.165) is 69.6 Å². The summed E-state index contributed by atoms with van der Waals surface area (Å²) in [6.07, 6.45) is 14.7. The maximum Gasteiger partial charge on any atom is 0.311 e. The van der Waals surface area contributed by atoms with Crippen LogP contribution in [-0.2, 0) is 19.1 Å². The van der Waals surface area contributed by atoms with Crippen molar-refractivity contribution in [3.8, 4) is 0 Å². The molecule has 0 aliphatic heterocycles. The van der Waals surface area contributed by atoms with Crippen LogP contribution >= 0.6 is 0 Å². The van der Waals surface area contributed by atoms with Crippen LogP contribution in [0.15, 0.2) is 34.6 Å². The summed E-state index contributed by atoms with van der Waals surface area (Å²) in [5, 5.41) is 0. The molecule has 168 valence electrons. The van der Waals surface area contributed by atoms with E-state index in [-0.39, 0.29) is 28.3 Å². The Labute approximate surface area is 186 Å². The highest BCUT2D eigenvalue weighted by Gasteiger charge is 2.55. The number of carbonyl (C=O) groups is 3. The molecule has 4 atom stereocenters. The Kier molecular flexibility index (Phi) is 6.11. The Bertz CT molecular complexity index is 876. The Morgan fingerprint density at radius 3 is 2.74 bits per heavy atom. The van der Waals surface area contributed by atoms with Gasteiger partial charge in [0, 0.05) is 18.3 Å². The fourth-order valence-electron chi connectivity index (χ4n) is 6.93. The number of aldehydes is 1. The molecular weight excluding hydrogens is 388 g/mol. The van der Waals surface area contributed by atoms with Crippen molar-refractivity contribution in [1.82, 2.24) is 0 Å². The molecule has 2 fully saturated rings. The molecule has 0 heterocycles. The van der Waals surface area contributed by atoms with E-state index in [0.29, 0.717) is 24.7 Å². The maximum atomic E-state index is 12.3. The summed E-state index contributed by atoms with van der Waals surface area (Å²) >= 11 is 0. The van der Waals surface area contributed by atoms with Crippen molar-refractivity contribution in [2.45, 2.75) is 91.4 Å². The lowest BCUT2D eigenvalue weighted by Gasteiger charge is -2.52. The molecule has 0 radical (unpaired) electrons. The molecule has 0 spiro atoms. The van der Waals surface area contributed by atoms with Crippen LogP contribution in [0.4, 0.5) is 0 Å². The van der Waals surface area contributed by atoms with Crippen molar-refractivity contribution >= 4 is 18.0 Å². The number of ketones is 1. The molecule has 31 heavy (non-hydrogen) atoms. The number of carbonyl (C=O) groups excluding carboxylic acids is 3. The maximum absolute atomic E-state index is 12.3. The molecule has 0 aromatic carbocycles. The molecule has 4 aliphatic rings. The predicted molar refractivity (Wildman–Crippen MR) is 120 cm³/mol. The Morgan fingerprint density at radius 1 is 1.19 bits per heavy atom. The minimum absolute atomic E-state index is 0.0177. The SMILES string of the molecule is CCCCCC(=O)O/C(C=O)=C1/CC[C@H]2[C@@H]3CCC4=CC(=O)CC[C@]4(C)C3=CC[C@]12C. The van der Waals surface area contributed by atoms with Gasteiger partial charge in [0.2, 0.25) is 0 Å². The topological polar surface area (TPSA) is 60.4 Å². The first-order valence-corrected chi connectivity index (χ1v) is 12.2. The molecule has 4 aliphatic carbocycles. The first kappa shape index (κ1) is 22.2. The van der Waals surface area contributed by atoms with E-state index >= 15 is 0 Å². The monoisotopic (exact) mass is 424 g/mol. The average Bonchev–Trinajstić information content (AvgIpc) is 3.10. The quantitative estimate of drug-likeness (QED) is 0.131. The van der Waals surface area contributed by atoms with Crippen LogP contribution in [0.1, 0.15) is 91.4 Å². The third kappa shape index (κ3) is 3.76. The zero-order chi connectivity index (χ0) is 22.2. The van der Waals surface area contributed by atoms with Gasteiger partial charge in [-0.2, -0.15) is 0 Å². The molecular formula is C27H36O4. The first-order valence-electron chi connectivity index (χ1n) is 12.2. The van der Waals surface area contributed by atoms with Crippen molar-refractivity contribution in [1.29, 1.82) is 0 Å². The van der Waals surface area contributed by atoms with E-state index in [1.54, 1.807) is 0 Å². The summed E-state index contributed by atoms with van der Waals surface area (Å²) in [5.41, 5.74) is 3.76. The van der Waals surface area contributed by atoms with Gasteiger partial charge in [-0.3, -0.25) is 14.4 Å². The van der Waals surface area contributed by atoms with E-state index in [4.69, 9.17) is 4.74 Å². The number of rotatable bonds is 6. The van der Waals surface area contributed by atoms with Crippen LogP contribution in [0.5, 0.6) is 0 Å². The van der Waals surface area contributed by atoms with E-state index in [1.165, 1.54) is 11.1 Å². The number of esters is 1. The molecule has 0 N–H and O–H groups in total.